The first kappa shape index (κ1) is 18.8. The van der Waals surface area contributed by atoms with Crippen molar-refractivity contribution in [2.75, 3.05) is 12.4 Å². The van der Waals surface area contributed by atoms with Crippen LogP contribution >= 0.6 is 34.4 Å². The zero-order valence-corrected chi connectivity index (χ0v) is 17.3. The van der Waals surface area contributed by atoms with Crippen LogP contribution in [0, 0.1) is 11.3 Å². The van der Waals surface area contributed by atoms with Crippen molar-refractivity contribution in [2.45, 2.75) is 5.03 Å². The van der Waals surface area contributed by atoms with Gasteiger partial charge in [0.2, 0.25) is 0 Å². The normalized spacial score (nSPS) is 10.5. The maximum atomic E-state index is 9.83. The molecule has 4 rings (SSSR count). The highest BCUT2D eigenvalue weighted by molar-refractivity contribution is 7.99. The smallest absolute Gasteiger partial charge is 0.119 e. The first-order chi connectivity index (χ1) is 13.8. The third kappa shape index (κ3) is 4.28. The van der Waals surface area contributed by atoms with E-state index in [1.54, 1.807) is 34.4 Å². The molecule has 0 aliphatic heterocycles. The van der Waals surface area contributed by atoms with Crippen LogP contribution in [0.4, 0.5) is 0 Å². The number of hydrogen-bond acceptors (Lipinski definition) is 6. The molecule has 0 aliphatic rings. The Hall–Kier alpha value is -2.59. The van der Waals surface area contributed by atoms with Crippen molar-refractivity contribution < 1.29 is 4.74 Å². The predicted molar refractivity (Wildman–Crippen MR) is 118 cm³/mol. The van der Waals surface area contributed by atoms with Gasteiger partial charge in [0.05, 0.1) is 22.7 Å². The molecule has 0 spiro atoms. The second kappa shape index (κ2) is 9.07. The van der Waals surface area contributed by atoms with Gasteiger partial charge in [-0.15, -0.1) is 34.4 Å². The van der Waals surface area contributed by atoms with Gasteiger partial charge < -0.3 is 4.74 Å². The highest BCUT2D eigenvalue weighted by atomic mass is 32.2. The van der Waals surface area contributed by atoms with E-state index in [0.29, 0.717) is 17.9 Å². The van der Waals surface area contributed by atoms with Gasteiger partial charge in [0.1, 0.15) is 16.8 Å². The van der Waals surface area contributed by atoms with Crippen molar-refractivity contribution in [3.8, 4) is 32.8 Å². The van der Waals surface area contributed by atoms with Gasteiger partial charge in [-0.2, -0.15) is 5.26 Å². The molecule has 0 amide bonds. The van der Waals surface area contributed by atoms with Crippen molar-refractivity contribution in [2.24, 2.45) is 0 Å². The van der Waals surface area contributed by atoms with Crippen molar-refractivity contribution in [1.82, 2.24) is 4.98 Å². The molecule has 0 unspecified atom stereocenters. The summed E-state index contributed by atoms with van der Waals surface area (Å²) in [5, 5.41) is 14.7. The van der Waals surface area contributed by atoms with Crippen LogP contribution in [-0.4, -0.2) is 17.3 Å². The largest absolute Gasteiger partial charge is 0.493 e. The van der Waals surface area contributed by atoms with Gasteiger partial charge in [0.25, 0.3) is 0 Å². The maximum absolute atomic E-state index is 9.83. The summed E-state index contributed by atoms with van der Waals surface area (Å²) in [7, 11) is 0. The molecular weight excluding hydrogens is 404 g/mol. The van der Waals surface area contributed by atoms with Crippen molar-refractivity contribution in [1.29, 1.82) is 5.26 Å². The minimum Gasteiger partial charge on any atom is -0.493 e. The van der Waals surface area contributed by atoms with Gasteiger partial charge >= 0.3 is 0 Å². The van der Waals surface area contributed by atoms with E-state index in [9.17, 15) is 5.26 Å². The molecular formula is C22H16N2OS3. The number of thiophene rings is 2. The van der Waals surface area contributed by atoms with Crippen LogP contribution in [0.1, 0.15) is 5.56 Å². The lowest BCUT2D eigenvalue weighted by Gasteiger charge is -2.11. The van der Waals surface area contributed by atoms with Gasteiger partial charge in [-0.05, 0) is 41.1 Å². The molecule has 3 aromatic heterocycles. The molecule has 1 aromatic carbocycles. The number of hydrogen-bond donors (Lipinski definition) is 0. The Balaban J connectivity index is 1.60. The molecule has 0 radical (unpaired) electrons. The molecule has 0 saturated heterocycles. The van der Waals surface area contributed by atoms with E-state index in [-0.39, 0.29) is 0 Å². The average Bonchev–Trinajstić information content (AvgIpc) is 3.45. The van der Waals surface area contributed by atoms with Crippen LogP contribution in [0.5, 0.6) is 5.75 Å². The van der Waals surface area contributed by atoms with Crippen LogP contribution < -0.4 is 4.74 Å². The Morgan fingerprint density at radius 2 is 1.71 bits per heavy atom. The Bertz CT molecular complexity index is 1070. The van der Waals surface area contributed by atoms with E-state index in [2.05, 4.69) is 12.1 Å². The van der Waals surface area contributed by atoms with Gasteiger partial charge in [0, 0.05) is 16.2 Å². The highest BCUT2D eigenvalue weighted by Gasteiger charge is 2.16. The van der Waals surface area contributed by atoms with Crippen LogP contribution in [-0.2, 0) is 0 Å². The first-order valence-electron chi connectivity index (χ1n) is 8.68. The number of aromatic nitrogens is 1. The number of benzene rings is 1. The predicted octanol–water partition coefficient (Wildman–Crippen LogP) is 6.58. The quantitative estimate of drug-likeness (QED) is 0.250. The van der Waals surface area contributed by atoms with Crippen LogP contribution in [0.3, 0.4) is 0 Å². The Morgan fingerprint density at radius 3 is 2.39 bits per heavy atom. The third-order valence-corrected chi connectivity index (χ3v) is 6.73. The van der Waals surface area contributed by atoms with Crippen molar-refractivity contribution >= 4 is 34.4 Å². The molecule has 0 bridgehead atoms. The second-order valence-electron chi connectivity index (χ2n) is 5.81. The lowest BCUT2D eigenvalue weighted by Crippen LogP contribution is -2.02. The van der Waals surface area contributed by atoms with Gasteiger partial charge in [-0.3, -0.25) is 0 Å². The number of pyridine rings is 1. The molecule has 0 atom stereocenters. The van der Waals surface area contributed by atoms with E-state index in [1.807, 2.05) is 65.4 Å². The summed E-state index contributed by atoms with van der Waals surface area (Å²) >= 11 is 4.85. The second-order valence-corrected chi connectivity index (χ2v) is 8.79. The van der Waals surface area contributed by atoms with E-state index in [4.69, 9.17) is 9.72 Å². The standard InChI is InChI=1S/C22H16N2OS3/c23-15-18-17(20-8-4-11-26-20)14-19(21-9-5-12-27-21)24-22(18)28-13-10-25-16-6-2-1-3-7-16/h1-9,11-12,14H,10,13H2. The molecule has 138 valence electrons. The van der Waals surface area contributed by atoms with Crippen LogP contribution in [0.15, 0.2) is 76.4 Å². The number of para-hydroxylation sites is 1. The molecule has 28 heavy (non-hydrogen) atoms. The monoisotopic (exact) mass is 420 g/mol. The Labute approximate surface area is 176 Å². The summed E-state index contributed by atoms with van der Waals surface area (Å²) in [6.07, 6.45) is 0. The van der Waals surface area contributed by atoms with Gasteiger partial charge in [-0.1, -0.05) is 30.3 Å². The van der Waals surface area contributed by atoms with Gasteiger partial charge in [0.15, 0.2) is 0 Å². The zero-order valence-electron chi connectivity index (χ0n) is 14.9. The zero-order chi connectivity index (χ0) is 19.2. The summed E-state index contributed by atoms with van der Waals surface area (Å²) in [6.45, 7) is 0.554. The highest BCUT2D eigenvalue weighted by Crippen LogP contribution is 2.37. The average molecular weight is 421 g/mol. The van der Waals surface area contributed by atoms with E-state index in [0.717, 1.165) is 31.8 Å². The summed E-state index contributed by atoms with van der Waals surface area (Å²) in [5.74, 6) is 1.57. The summed E-state index contributed by atoms with van der Waals surface area (Å²) in [5.41, 5.74) is 2.48. The van der Waals surface area contributed by atoms with Crippen LogP contribution in [0.25, 0.3) is 21.0 Å². The minimum absolute atomic E-state index is 0.554. The lowest BCUT2D eigenvalue weighted by molar-refractivity contribution is 0.344. The number of rotatable bonds is 7. The fraction of sp³-hybridized carbons (Fsp3) is 0.0909. The molecule has 0 N–H and O–H groups in total. The SMILES string of the molecule is N#Cc1c(-c2cccs2)cc(-c2cccs2)nc1SCCOc1ccccc1. The van der Waals surface area contributed by atoms with E-state index in [1.165, 1.54) is 0 Å². The lowest BCUT2D eigenvalue weighted by atomic mass is 10.1. The fourth-order valence-corrected chi connectivity index (χ4v) is 4.98. The molecule has 0 aliphatic carbocycles. The number of nitrogens with zero attached hydrogens (tertiary/aromatic N) is 2. The summed E-state index contributed by atoms with van der Waals surface area (Å²) < 4.78 is 5.78. The van der Waals surface area contributed by atoms with E-state index < -0.39 is 0 Å². The van der Waals surface area contributed by atoms with E-state index >= 15 is 0 Å². The number of ether oxygens (including phenoxy) is 1. The minimum atomic E-state index is 0.554. The topological polar surface area (TPSA) is 45.9 Å². The third-order valence-electron chi connectivity index (χ3n) is 3.99. The van der Waals surface area contributed by atoms with Gasteiger partial charge in [-0.25, -0.2) is 4.98 Å². The fourth-order valence-electron chi connectivity index (χ4n) is 2.73. The Kier molecular flexibility index (Phi) is 6.07. The van der Waals surface area contributed by atoms with Crippen molar-refractivity contribution in [3.63, 3.8) is 0 Å². The van der Waals surface area contributed by atoms with Crippen molar-refractivity contribution in [3.05, 3.63) is 77.0 Å². The van der Waals surface area contributed by atoms with Crippen LogP contribution in [0.2, 0.25) is 0 Å². The molecule has 0 fully saturated rings. The number of nitriles is 1. The maximum Gasteiger partial charge on any atom is 0.119 e. The first-order valence-corrected chi connectivity index (χ1v) is 11.4. The summed E-state index contributed by atoms with van der Waals surface area (Å²) in [4.78, 5) is 6.99. The molecule has 4 aromatic rings. The summed E-state index contributed by atoms with van der Waals surface area (Å²) in [6, 6.07) is 22.3. The molecule has 3 heterocycles. The molecule has 3 nitrogen and oxygen atoms in total. The molecule has 6 heteroatoms. The Morgan fingerprint density at radius 1 is 0.964 bits per heavy atom. The number of thioether (sulfide) groups is 1. The molecule has 0 saturated carbocycles.